The lowest BCUT2D eigenvalue weighted by Crippen LogP contribution is -2.34. The average molecular weight is 417 g/mol. The summed E-state index contributed by atoms with van der Waals surface area (Å²) < 4.78 is 11.0. The highest BCUT2D eigenvalue weighted by Gasteiger charge is 2.31. The first-order valence-corrected chi connectivity index (χ1v) is 10.0. The Morgan fingerprint density at radius 3 is 2.52 bits per heavy atom. The third-order valence-electron chi connectivity index (χ3n) is 5.12. The number of benzene rings is 2. The van der Waals surface area contributed by atoms with Crippen LogP contribution < -0.4 is 14.8 Å². The molecule has 1 saturated heterocycles. The molecule has 7 nitrogen and oxygen atoms in total. The van der Waals surface area contributed by atoms with Gasteiger partial charge in [-0.25, -0.2) is 4.98 Å². The lowest BCUT2D eigenvalue weighted by molar-refractivity contribution is -0.131. The molecule has 0 bridgehead atoms. The molecule has 2 amide bonds. The maximum atomic E-state index is 12.4. The van der Waals surface area contributed by atoms with E-state index in [0.717, 1.165) is 5.56 Å². The Labute approximate surface area is 180 Å². The van der Waals surface area contributed by atoms with Crippen LogP contribution in [0.5, 0.6) is 17.4 Å². The van der Waals surface area contributed by atoms with Gasteiger partial charge in [0.2, 0.25) is 17.7 Å². The number of methoxy groups -OCH3 is 1. The molecular formula is C24H23N3O4. The minimum Gasteiger partial charge on any atom is -0.493 e. The largest absolute Gasteiger partial charge is 0.493 e. The molecule has 1 unspecified atom stereocenters. The molecule has 0 spiro atoms. The standard InChI is InChI=1S/C24H23N3O4/c1-30-20-9-5-6-10-21(20)31-23-12-11-19(14-25-23)26-22(28)16-27-15-18(13-24(27)29)17-7-3-2-4-8-17/h2-12,14,18H,13,15-16H2,1H3,(H,26,28). The van der Waals surface area contributed by atoms with Crippen molar-refractivity contribution in [3.05, 3.63) is 78.5 Å². The molecule has 1 aliphatic heterocycles. The number of anilines is 1. The molecule has 3 aromatic rings. The van der Waals surface area contributed by atoms with Crippen LogP contribution in [0.2, 0.25) is 0 Å². The van der Waals surface area contributed by atoms with Crippen molar-refractivity contribution in [1.82, 2.24) is 9.88 Å². The van der Waals surface area contributed by atoms with Crippen molar-refractivity contribution in [1.29, 1.82) is 0 Å². The zero-order chi connectivity index (χ0) is 21.6. The van der Waals surface area contributed by atoms with Crippen LogP contribution >= 0.6 is 0 Å². The Hall–Kier alpha value is -3.87. The van der Waals surface area contributed by atoms with E-state index in [1.165, 1.54) is 6.20 Å². The molecule has 1 aliphatic rings. The monoisotopic (exact) mass is 417 g/mol. The van der Waals surface area contributed by atoms with Crippen molar-refractivity contribution in [2.75, 3.05) is 25.5 Å². The first-order valence-electron chi connectivity index (χ1n) is 10.0. The van der Waals surface area contributed by atoms with Gasteiger partial charge in [0.05, 0.1) is 25.5 Å². The molecule has 4 rings (SSSR count). The van der Waals surface area contributed by atoms with Crippen molar-refractivity contribution < 1.29 is 19.1 Å². The first-order chi connectivity index (χ1) is 15.1. The van der Waals surface area contributed by atoms with Crippen LogP contribution in [-0.4, -0.2) is 41.9 Å². The molecule has 1 fully saturated rings. The highest BCUT2D eigenvalue weighted by Crippen LogP contribution is 2.30. The summed E-state index contributed by atoms with van der Waals surface area (Å²) in [5.74, 6) is 1.38. The number of nitrogens with zero attached hydrogens (tertiary/aromatic N) is 2. The second-order valence-electron chi connectivity index (χ2n) is 7.27. The lowest BCUT2D eigenvalue weighted by atomic mass is 9.99. The summed E-state index contributed by atoms with van der Waals surface area (Å²) in [4.78, 5) is 30.6. The fourth-order valence-electron chi connectivity index (χ4n) is 3.58. The van der Waals surface area contributed by atoms with Crippen LogP contribution in [0.1, 0.15) is 17.9 Å². The third kappa shape index (κ3) is 5.01. The van der Waals surface area contributed by atoms with E-state index in [4.69, 9.17) is 9.47 Å². The number of aromatic nitrogens is 1. The number of carbonyl (C=O) groups is 2. The number of ether oxygens (including phenoxy) is 2. The van der Waals surface area contributed by atoms with Crippen LogP contribution in [0.3, 0.4) is 0 Å². The number of likely N-dealkylation sites (tertiary alicyclic amines) is 1. The summed E-state index contributed by atoms with van der Waals surface area (Å²) in [6, 6.07) is 20.5. The van der Waals surface area contributed by atoms with Crippen molar-refractivity contribution >= 4 is 17.5 Å². The SMILES string of the molecule is COc1ccccc1Oc1ccc(NC(=O)CN2CC(c3ccccc3)CC2=O)cn1. The number of pyridine rings is 1. The van der Waals surface area contributed by atoms with Gasteiger partial charge < -0.3 is 19.7 Å². The van der Waals surface area contributed by atoms with E-state index < -0.39 is 0 Å². The minimum atomic E-state index is -0.262. The normalized spacial score (nSPS) is 15.6. The van der Waals surface area contributed by atoms with E-state index in [9.17, 15) is 9.59 Å². The van der Waals surface area contributed by atoms with E-state index in [2.05, 4.69) is 10.3 Å². The first kappa shape index (κ1) is 20.4. The Morgan fingerprint density at radius 1 is 1.06 bits per heavy atom. The van der Waals surface area contributed by atoms with Gasteiger partial charge in [-0.05, 0) is 23.8 Å². The Bertz CT molecular complexity index is 1050. The molecule has 0 saturated carbocycles. The number of rotatable bonds is 7. The molecule has 2 heterocycles. The highest BCUT2D eigenvalue weighted by molar-refractivity contribution is 5.95. The fraction of sp³-hybridized carbons (Fsp3) is 0.208. The molecule has 0 radical (unpaired) electrons. The smallest absolute Gasteiger partial charge is 0.244 e. The number of hydrogen-bond donors (Lipinski definition) is 1. The molecule has 1 atom stereocenters. The van der Waals surface area contributed by atoms with E-state index in [1.807, 2.05) is 42.5 Å². The molecule has 1 N–H and O–H groups in total. The van der Waals surface area contributed by atoms with Crippen LogP contribution in [0.25, 0.3) is 0 Å². The second-order valence-corrected chi connectivity index (χ2v) is 7.27. The second kappa shape index (κ2) is 9.30. The summed E-state index contributed by atoms with van der Waals surface area (Å²) in [6.07, 6.45) is 1.94. The van der Waals surface area contributed by atoms with Crippen LogP contribution in [-0.2, 0) is 9.59 Å². The van der Waals surface area contributed by atoms with Gasteiger partial charge in [-0.2, -0.15) is 0 Å². The molecule has 158 valence electrons. The van der Waals surface area contributed by atoms with Gasteiger partial charge in [0, 0.05) is 24.9 Å². The zero-order valence-electron chi connectivity index (χ0n) is 17.2. The van der Waals surface area contributed by atoms with Crippen LogP contribution in [0.15, 0.2) is 72.9 Å². The van der Waals surface area contributed by atoms with Gasteiger partial charge in [-0.3, -0.25) is 9.59 Å². The summed E-state index contributed by atoms with van der Waals surface area (Å²) in [6.45, 7) is 0.557. The van der Waals surface area contributed by atoms with E-state index in [0.29, 0.717) is 36.0 Å². The number of carbonyl (C=O) groups excluding carboxylic acids is 2. The van der Waals surface area contributed by atoms with Crippen molar-refractivity contribution in [3.63, 3.8) is 0 Å². The average Bonchev–Trinajstić information content (AvgIpc) is 3.16. The lowest BCUT2D eigenvalue weighted by Gasteiger charge is -2.16. The molecule has 1 aromatic heterocycles. The Morgan fingerprint density at radius 2 is 1.81 bits per heavy atom. The Balaban J connectivity index is 1.32. The summed E-state index contributed by atoms with van der Waals surface area (Å²) in [5, 5.41) is 2.78. The Kier molecular flexibility index (Phi) is 6.12. The third-order valence-corrected chi connectivity index (χ3v) is 5.12. The van der Waals surface area contributed by atoms with Crippen LogP contribution in [0, 0.1) is 0 Å². The molecule has 2 aromatic carbocycles. The predicted molar refractivity (Wildman–Crippen MR) is 116 cm³/mol. The molecule has 31 heavy (non-hydrogen) atoms. The maximum Gasteiger partial charge on any atom is 0.244 e. The van der Waals surface area contributed by atoms with Crippen LogP contribution in [0.4, 0.5) is 5.69 Å². The quantitative estimate of drug-likeness (QED) is 0.632. The van der Waals surface area contributed by atoms with Gasteiger partial charge in [-0.1, -0.05) is 42.5 Å². The topological polar surface area (TPSA) is 80.8 Å². The predicted octanol–water partition coefficient (Wildman–Crippen LogP) is 3.84. The molecular weight excluding hydrogens is 394 g/mol. The number of hydrogen-bond acceptors (Lipinski definition) is 5. The highest BCUT2D eigenvalue weighted by atomic mass is 16.5. The summed E-state index contributed by atoms with van der Waals surface area (Å²) in [5.41, 5.74) is 1.65. The van der Waals surface area contributed by atoms with Gasteiger partial charge in [0.15, 0.2) is 11.5 Å². The number of nitrogens with one attached hydrogen (secondary N) is 1. The minimum absolute atomic E-state index is 0.0114. The number of amides is 2. The van der Waals surface area contributed by atoms with Gasteiger partial charge in [-0.15, -0.1) is 0 Å². The van der Waals surface area contributed by atoms with Gasteiger partial charge in [0.25, 0.3) is 0 Å². The summed E-state index contributed by atoms with van der Waals surface area (Å²) in [7, 11) is 1.57. The summed E-state index contributed by atoms with van der Waals surface area (Å²) >= 11 is 0. The fourth-order valence-corrected chi connectivity index (χ4v) is 3.58. The van der Waals surface area contributed by atoms with Crippen molar-refractivity contribution in [2.24, 2.45) is 0 Å². The zero-order valence-corrected chi connectivity index (χ0v) is 17.2. The van der Waals surface area contributed by atoms with Gasteiger partial charge in [0.1, 0.15) is 0 Å². The van der Waals surface area contributed by atoms with Crippen molar-refractivity contribution in [3.8, 4) is 17.4 Å². The van der Waals surface area contributed by atoms with E-state index in [-0.39, 0.29) is 24.3 Å². The van der Waals surface area contributed by atoms with E-state index in [1.54, 1.807) is 36.3 Å². The maximum absolute atomic E-state index is 12.4. The van der Waals surface area contributed by atoms with E-state index >= 15 is 0 Å². The number of para-hydroxylation sites is 2. The van der Waals surface area contributed by atoms with Crippen molar-refractivity contribution in [2.45, 2.75) is 12.3 Å². The van der Waals surface area contributed by atoms with Gasteiger partial charge >= 0.3 is 0 Å². The molecule has 7 heteroatoms. The molecule has 0 aliphatic carbocycles.